The average Bonchev–Trinajstić information content (AvgIpc) is 3.29. The van der Waals surface area contributed by atoms with E-state index >= 15 is 0 Å². The molecule has 1 aromatic carbocycles. The van der Waals surface area contributed by atoms with Crippen LogP contribution in [-0.2, 0) is 6.42 Å². The Hall–Kier alpha value is -1.37. The molecular weight excluding hydrogens is 258 g/mol. The molecule has 1 N–H and O–H groups in total. The Bertz CT molecular complexity index is 475. The van der Waals surface area contributed by atoms with E-state index in [1.165, 1.54) is 18.4 Å². The third-order valence-electron chi connectivity index (χ3n) is 4.40. The molecule has 21 heavy (non-hydrogen) atoms. The molecule has 1 fully saturated rings. The van der Waals surface area contributed by atoms with E-state index in [1.807, 2.05) is 6.92 Å². The number of likely N-dealkylation sites (N-methyl/N-ethyl adjacent to an activating group) is 1. The lowest BCUT2D eigenvalue weighted by molar-refractivity contribution is 0.214. The van der Waals surface area contributed by atoms with Gasteiger partial charge in [0.1, 0.15) is 5.54 Å². The summed E-state index contributed by atoms with van der Waals surface area (Å²) in [7, 11) is 2.16. The zero-order chi connectivity index (χ0) is 15.3. The highest BCUT2D eigenvalue weighted by Gasteiger charge is 2.34. The molecule has 3 heteroatoms. The van der Waals surface area contributed by atoms with Crippen molar-refractivity contribution in [3.05, 3.63) is 35.9 Å². The largest absolute Gasteiger partial charge is 0.303 e. The highest BCUT2D eigenvalue weighted by molar-refractivity contribution is 5.15. The zero-order valence-corrected chi connectivity index (χ0v) is 13.5. The Kier molecular flexibility index (Phi) is 5.39. The maximum atomic E-state index is 9.47. The fourth-order valence-electron chi connectivity index (χ4n) is 2.73. The van der Waals surface area contributed by atoms with Crippen molar-refractivity contribution in [1.82, 2.24) is 10.2 Å². The predicted molar refractivity (Wildman–Crippen MR) is 87.0 cm³/mol. The number of hydrogen-bond acceptors (Lipinski definition) is 3. The molecule has 1 aliphatic rings. The zero-order valence-electron chi connectivity index (χ0n) is 13.5. The van der Waals surface area contributed by atoms with Crippen LogP contribution in [0.4, 0.5) is 0 Å². The van der Waals surface area contributed by atoms with Gasteiger partial charge in [0, 0.05) is 18.6 Å². The molecule has 2 unspecified atom stereocenters. The number of nitrogens with one attached hydrogen (secondary N) is 1. The second-order valence-corrected chi connectivity index (χ2v) is 6.63. The van der Waals surface area contributed by atoms with Crippen molar-refractivity contribution < 1.29 is 0 Å². The topological polar surface area (TPSA) is 39.1 Å². The lowest BCUT2D eigenvalue weighted by atomic mass is 9.94. The van der Waals surface area contributed by atoms with E-state index in [-0.39, 0.29) is 0 Å². The summed E-state index contributed by atoms with van der Waals surface area (Å²) in [5, 5.41) is 13.0. The minimum absolute atomic E-state index is 0.393. The molecule has 3 nitrogen and oxygen atoms in total. The molecule has 0 bridgehead atoms. The fourth-order valence-corrected chi connectivity index (χ4v) is 2.73. The van der Waals surface area contributed by atoms with Gasteiger partial charge in [-0.2, -0.15) is 5.26 Å². The van der Waals surface area contributed by atoms with Gasteiger partial charge in [-0.1, -0.05) is 30.3 Å². The molecule has 1 saturated carbocycles. The molecule has 1 aliphatic carbocycles. The average molecular weight is 285 g/mol. The molecular formula is C18H27N3. The molecule has 0 aromatic heterocycles. The SMILES string of the molecule is CC(CC(C)(C#N)NC1CC1)N(C)CCc1ccccc1. The van der Waals surface area contributed by atoms with Crippen LogP contribution >= 0.6 is 0 Å². The molecule has 0 aliphatic heterocycles. The van der Waals surface area contributed by atoms with E-state index in [4.69, 9.17) is 0 Å². The minimum atomic E-state index is -0.401. The summed E-state index contributed by atoms with van der Waals surface area (Å²) in [4.78, 5) is 2.36. The highest BCUT2D eigenvalue weighted by Crippen LogP contribution is 2.25. The van der Waals surface area contributed by atoms with Crippen LogP contribution in [0, 0.1) is 11.3 Å². The first-order chi connectivity index (χ1) is 10.0. The summed E-state index contributed by atoms with van der Waals surface area (Å²) in [5.74, 6) is 0. The van der Waals surface area contributed by atoms with Gasteiger partial charge in [-0.05, 0) is 52.1 Å². The van der Waals surface area contributed by atoms with Crippen LogP contribution < -0.4 is 5.32 Å². The molecule has 0 heterocycles. The van der Waals surface area contributed by atoms with Gasteiger partial charge in [0.05, 0.1) is 6.07 Å². The highest BCUT2D eigenvalue weighted by atomic mass is 15.1. The van der Waals surface area contributed by atoms with E-state index in [1.54, 1.807) is 0 Å². The van der Waals surface area contributed by atoms with Crippen molar-refractivity contribution in [3.63, 3.8) is 0 Å². The minimum Gasteiger partial charge on any atom is -0.303 e. The molecule has 0 spiro atoms. The van der Waals surface area contributed by atoms with Crippen LogP contribution in [0.2, 0.25) is 0 Å². The van der Waals surface area contributed by atoms with Crippen LogP contribution in [0.15, 0.2) is 30.3 Å². The first kappa shape index (κ1) is 16.0. The Morgan fingerprint density at radius 2 is 2.05 bits per heavy atom. The first-order valence-corrected chi connectivity index (χ1v) is 7.95. The van der Waals surface area contributed by atoms with Crippen molar-refractivity contribution in [1.29, 1.82) is 5.26 Å². The summed E-state index contributed by atoms with van der Waals surface area (Å²) in [6.45, 7) is 5.28. The van der Waals surface area contributed by atoms with Crippen molar-refractivity contribution in [3.8, 4) is 6.07 Å². The van der Waals surface area contributed by atoms with Gasteiger partial charge in [-0.3, -0.25) is 5.32 Å². The van der Waals surface area contributed by atoms with Gasteiger partial charge >= 0.3 is 0 Å². The number of rotatable bonds is 8. The second-order valence-electron chi connectivity index (χ2n) is 6.63. The Labute approximate surface area is 129 Å². The van der Waals surface area contributed by atoms with Crippen LogP contribution in [0.1, 0.15) is 38.7 Å². The molecule has 2 atom stereocenters. The number of nitrogens with zero attached hydrogens (tertiary/aromatic N) is 2. The van der Waals surface area contributed by atoms with Gasteiger partial charge in [-0.25, -0.2) is 0 Å². The molecule has 114 valence electrons. The van der Waals surface area contributed by atoms with E-state index in [2.05, 4.69) is 60.6 Å². The second kappa shape index (κ2) is 7.06. The quantitative estimate of drug-likeness (QED) is 0.798. The molecule has 1 aromatic rings. The van der Waals surface area contributed by atoms with Crippen LogP contribution in [0.3, 0.4) is 0 Å². The number of hydrogen-bond donors (Lipinski definition) is 1. The van der Waals surface area contributed by atoms with Crippen LogP contribution in [-0.4, -0.2) is 36.1 Å². The monoisotopic (exact) mass is 285 g/mol. The number of nitriles is 1. The summed E-state index contributed by atoms with van der Waals surface area (Å²) in [5.41, 5.74) is 0.970. The third kappa shape index (κ3) is 5.15. The van der Waals surface area contributed by atoms with Crippen molar-refractivity contribution in [2.75, 3.05) is 13.6 Å². The third-order valence-corrected chi connectivity index (χ3v) is 4.40. The maximum absolute atomic E-state index is 9.47. The van der Waals surface area contributed by atoms with Crippen LogP contribution in [0.25, 0.3) is 0 Å². The van der Waals surface area contributed by atoms with E-state index in [0.717, 1.165) is 19.4 Å². The maximum Gasteiger partial charge on any atom is 0.105 e. The fraction of sp³-hybridized carbons (Fsp3) is 0.611. The van der Waals surface area contributed by atoms with Crippen molar-refractivity contribution in [2.24, 2.45) is 0 Å². The molecule has 0 saturated heterocycles. The van der Waals surface area contributed by atoms with Gasteiger partial charge in [-0.15, -0.1) is 0 Å². The summed E-state index contributed by atoms with van der Waals surface area (Å²) in [6.07, 6.45) is 4.36. The summed E-state index contributed by atoms with van der Waals surface area (Å²) < 4.78 is 0. The molecule has 0 amide bonds. The van der Waals surface area contributed by atoms with E-state index in [9.17, 15) is 5.26 Å². The van der Waals surface area contributed by atoms with E-state index in [0.29, 0.717) is 12.1 Å². The first-order valence-electron chi connectivity index (χ1n) is 7.95. The van der Waals surface area contributed by atoms with Gasteiger partial charge in [0.2, 0.25) is 0 Å². The Balaban J connectivity index is 1.81. The lowest BCUT2D eigenvalue weighted by Crippen LogP contribution is -2.47. The van der Waals surface area contributed by atoms with Crippen molar-refractivity contribution in [2.45, 2.75) is 57.2 Å². The normalized spacial score (nSPS) is 19.0. The Morgan fingerprint density at radius 1 is 1.38 bits per heavy atom. The summed E-state index contributed by atoms with van der Waals surface area (Å²) >= 11 is 0. The van der Waals surface area contributed by atoms with E-state index < -0.39 is 5.54 Å². The molecule has 0 radical (unpaired) electrons. The number of benzene rings is 1. The molecule has 2 rings (SSSR count). The smallest absolute Gasteiger partial charge is 0.105 e. The van der Waals surface area contributed by atoms with Gasteiger partial charge in [0.15, 0.2) is 0 Å². The van der Waals surface area contributed by atoms with Gasteiger partial charge in [0.25, 0.3) is 0 Å². The van der Waals surface area contributed by atoms with Crippen LogP contribution in [0.5, 0.6) is 0 Å². The van der Waals surface area contributed by atoms with Gasteiger partial charge < -0.3 is 4.90 Å². The predicted octanol–water partition coefficient (Wildman–Crippen LogP) is 2.97. The summed E-state index contributed by atoms with van der Waals surface area (Å²) in [6, 6.07) is 14.0. The standard InChI is InChI=1S/C18H27N3/c1-15(13-18(2,14-19)20-17-9-10-17)21(3)12-11-16-7-5-4-6-8-16/h4-8,15,17,20H,9-13H2,1-3H3. The lowest BCUT2D eigenvalue weighted by Gasteiger charge is -2.32. The Morgan fingerprint density at radius 3 is 2.62 bits per heavy atom. The van der Waals surface area contributed by atoms with Crippen molar-refractivity contribution >= 4 is 0 Å².